The first-order valence-corrected chi connectivity index (χ1v) is 9.09. The molecule has 1 saturated heterocycles. The van der Waals surface area contributed by atoms with Crippen molar-refractivity contribution in [1.29, 1.82) is 0 Å². The number of nitrogens with one attached hydrogen (secondary N) is 1. The summed E-state index contributed by atoms with van der Waals surface area (Å²) >= 11 is 4.25. The third-order valence-corrected chi connectivity index (χ3v) is 7.49. The zero-order valence-electron chi connectivity index (χ0n) is 12.3. The highest BCUT2D eigenvalue weighted by Gasteiger charge is 2.31. The van der Waals surface area contributed by atoms with Crippen molar-refractivity contribution in [2.24, 2.45) is 0 Å². The van der Waals surface area contributed by atoms with E-state index in [4.69, 9.17) is 0 Å². The molecule has 0 saturated carbocycles. The minimum Gasteiger partial charge on any atom is -0.335 e. The molecule has 5 heteroatoms. The molecule has 1 N–H and O–H groups in total. The fraction of sp³-hybridized carbons (Fsp3) is 0.786. The van der Waals surface area contributed by atoms with Gasteiger partial charge in [0.1, 0.15) is 5.82 Å². The third-order valence-electron chi connectivity index (χ3n) is 3.94. The maximum atomic E-state index is 4.51. The molecule has 0 spiro atoms. The predicted molar refractivity (Wildman–Crippen MR) is 87.2 cm³/mol. The van der Waals surface area contributed by atoms with Gasteiger partial charge in [-0.3, -0.25) is 0 Å². The van der Waals surface area contributed by atoms with Crippen LogP contribution in [0, 0.1) is 0 Å². The van der Waals surface area contributed by atoms with E-state index in [0.717, 1.165) is 23.5 Å². The molecule has 4 unspecified atom stereocenters. The minimum atomic E-state index is 0.514. The van der Waals surface area contributed by atoms with Crippen molar-refractivity contribution in [3.8, 4) is 0 Å². The molecule has 4 atom stereocenters. The van der Waals surface area contributed by atoms with Crippen molar-refractivity contribution in [2.75, 3.05) is 12.8 Å². The molecule has 1 aromatic rings. The monoisotopic (exact) mass is 299 g/mol. The lowest BCUT2D eigenvalue weighted by molar-refractivity contribution is 0.525. The zero-order valence-corrected chi connectivity index (χ0v) is 13.9. The zero-order chi connectivity index (χ0) is 13.8. The number of hydrogen-bond acceptors (Lipinski definition) is 4. The Morgan fingerprint density at radius 2 is 2.26 bits per heavy atom. The second kappa shape index (κ2) is 7.04. The molecule has 2 rings (SSSR count). The van der Waals surface area contributed by atoms with Crippen LogP contribution in [0.1, 0.15) is 26.6 Å². The molecule has 3 nitrogen and oxygen atoms in total. The Morgan fingerprint density at radius 3 is 2.89 bits per heavy atom. The van der Waals surface area contributed by atoms with E-state index in [2.05, 4.69) is 72.4 Å². The van der Waals surface area contributed by atoms with Crippen LogP contribution < -0.4 is 5.32 Å². The van der Waals surface area contributed by atoms with E-state index in [1.807, 2.05) is 6.20 Å². The number of rotatable bonds is 5. The largest absolute Gasteiger partial charge is 0.335 e. The number of aromatic nitrogens is 2. The molecule has 2 heterocycles. The second-order valence-corrected chi connectivity index (χ2v) is 8.18. The van der Waals surface area contributed by atoms with Gasteiger partial charge in [-0.05, 0) is 14.0 Å². The molecule has 0 amide bonds. The number of imidazole rings is 1. The fourth-order valence-electron chi connectivity index (χ4n) is 2.45. The van der Waals surface area contributed by atoms with Gasteiger partial charge < -0.3 is 9.88 Å². The van der Waals surface area contributed by atoms with E-state index in [9.17, 15) is 0 Å². The lowest BCUT2D eigenvalue weighted by atomic mass is 10.1. The molecule has 0 bridgehead atoms. The van der Waals surface area contributed by atoms with E-state index >= 15 is 0 Å². The number of likely N-dealkylation sites (N-methyl/N-ethyl adjacent to an activating group) is 1. The van der Waals surface area contributed by atoms with Gasteiger partial charge in [0, 0.05) is 52.9 Å². The van der Waals surface area contributed by atoms with Crippen LogP contribution >= 0.6 is 23.5 Å². The lowest BCUT2D eigenvalue weighted by Crippen LogP contribution is -2.43. The minimum absolute atomic E-state index is 0.514. The maximum Gasteiger partial charge on any atom is 0.110 e. The van der Waals surface area contributed by atoms with Crippen LogP contribution in [0.25, 0.3) is 0 Å². The highest BCUT2D eigenvalue weighted by Crippen LogP contribution is 2.37. The summed E-state index contributed by atoms with van der Waals surface area (Å²) in [5.74, 6) is 2.45. The molecule has 0 aromatic carbocycles. The Balaban J connectivity index is 2.00. The summed E-state index contributed by atoms with van der Waals surface area (Å²) in [7, 11) is 2.08. The number of aryl methyl sites for hydroxylation is 1. The molecule has 19 heavy (non-hydrogen) atoms. The first kappa shape index (κ1) is 15.3. The molecule has 0 aliphatic carbocycles. The molecular weight excluding hydrogens is 274 g/mol. The van der Waals surface area contributed by atoms with Crippen molar-refractivity contribution in [1.82, 2.24) is 14.9 Å². The van der Waals surface area contributed by atoms with Gasteiger partial charge in [-0.2, -0.15) is 23.5 Å². The molecule has 1 aromatic heterocycles. The highest BCUT2D eigenvalue weighted by molar-refractivity contribution is 8.07. The average molecular weight is 300 g/mol. The Kier molecular flexibility index (Phi) is 5.66. The topological polar surface area (TPSA) is 29.9 Å². The molecule has 108 valence electrons. The van der Waals surface area contributed by atoms with E-state index < -0.39 is 0 Å². The van der Waals surface area contributed by atoms with Crippen LogP contribution in [0.15, 0.2) is 12.4 Å². The van der Waals surface area contributed by atoms with Crippen LogP contribution in [-0.2, 0) is 13.0 Å². The molecular formula is C14H25N3S2. The van der Waals surface area contributed by atoms with Gasteiger partial charge in [0.25, 0.3) is 0 Å². The smallest absolute Gasteiger partial charge is 0.110 e. The molecule has 1 aliphatic heterocycles. The first-order valence-electron chi connectivity index (χ1n) is 7.10. The van der Waals surface area contributed by atoms with Crippen LogP contribution in [0.5, 0.6) is 0 Å². The summed E-state index contributed by atoms with van der Waals surface area (Å²) in [5.41, 5.74) is 0. The number of nitrogens with zero attached hydrogens (tertiary/aromatic N) is 2. The van der Waals surface area contributed by atoms with Crippen molar-refractivity contribution in [2.45, 2.75) is 55.5 Å². The summed E-state index contributed by atoms with van der Waals surface area (Å²) in [6.07, 6.45) is 5.02. The molecule has 1 fully saturated rings. The van der Waals surface area contributed by atoms with Gasteiger partial charge in [0.2, 0.25) is 0 Å². The SMILES string of the molecule is CCn1ccnc1CC(NC)C1CSC(C)C(C)S1. The maximum absolute atomic E-state index is 4.51. The standard InChI is InChI=1S/C14H25N3S2/c1-5-17-7-6-16-14(17)8-12(15-4)13-9-18-10(2)11(3)19-13/h6-7,10-13,15H,5,8-9H2,1-4H3. The Morgan fingerprint density at radius 1 is 1.47 bits per heavy atom. The average Bonchev–Trinajstić information content (AvgIpc) is 2.86. The van der Waals surface area contributed by atoms with Gasteiger partial charge in [-0.15, -0.1) is 0 Å². The van der Waals surface area contributed by atoms with Gasteiger partial charge in [0.05, 0.1) is 0 Å². The van der Waals surface area contributed by atoms with Crippen molar-refractivity contribution in [3.05, 3.63) is 18.2 Å². The van der Waals surface area contributed by atoms with Crippen molar-refractivity contribution >= 4 is 23.5 Å². The summed E-state index contributed by atoms with van der Waals surface area (Å²) in [5, 5.41) is 5.71. The van der Waals surface area contributed by atoms with Crippen molar-refractivity contribution in [3.63, 3.8) is 0 Å². The van der Waals surface area contributed by atoms with Gasteiger partial charge in [-0.25, -0.2) is 4.98 Å². The van der Waals surface area contributed by atoms with Crippen LogP contribution in [0.2, 0.25) is 0 Å². The van der Waals surface area contributed by atoms with Gasteiger partial charge in [0.15, 0.2) is 0 Å². The van der Waals surface area contributed by atoms with E-state index in [1.54, 1.807) is 0 Å². The van der Waals surface area contributed by atoms with Crippen LogP contribution in [-0.4, -0.2) is 44.1 Å². The van der Waals surface area contributed by atoms with Crippen LogP contribution in [0.4, 0.5) is 0 Å². The predicted octanol–water partition coefficient (Wildman–Crippen LogP) is 2.66. The third kappa shape index (κ3) is 3.70. The number of hydrogen-bond donors (Lipinski definition) is 1. The van der Waals surface area contributed by atoms with E-state index in [-0.39, 0.29) is 0 Å². The summed E-state index contributed by atoms with van der Waals surface area (Å²) in [6.45, 7) is 7.88. The normalized spacial score (nSPS) is 29.4. The number of thioether (sulfide) groups is 2. The highest BCUT2D eigenvalue weighted by atomic mass is 32.2. The van der Waals surface area contributed by atoms with E-state index in [1.165, 1.54) is 11.6 Å². The Labute approximate surface area is 125 Å². The molecule has 0 radical (unpaired) electrons. The summed E-state index contributed by atoms with van der Waals surface area (Å²) in [4.78, 5) is 4.51. The van der Waals surface area contributed by atoms with Gasteiger partial charge >= 0.3 is 0 Å². The first-order chi connectivity index (χ1) is 9.15. The second-order valence-electron chi connectivity index (χ2n) is 5.15. The molecule has 1 aliphatic rings. The van der Waals surface area contributed by atoms with Crippen LogP contribution in [0.3, 0.4) is 0 Å². The van der Waals surface area contributed by atoms with Crippen molar-refractivity contribution < 1.29 is 0 Å². The lowest BCUT2D eigenvalue weighted by Gasteiger charge is -2.35. The Bertz CT molecular complexity index is 394. The van der Waals surface area contributed by atoms with E-state index in [0.29, 0.717) is 11.3 Å². The summed E-state index contributed by atoms with van der Waals surface area (Å²) < 4.78 is 2.25. The fourth-order valence-corrected chi connectivity index (χ4v) is 5.62. The quantitative estimate of drug-likeness (QED) is 0.905. The van der Waals surface area contributed by atoms with Gasteiger partial charge in [-0.1, -0.05) is 13.8 Å². The summed E-state index contributed by atoms with van der Waals surface area (Å²) in [6, 6.07) is 0.514. The Hall–Kier alpha value is -0.130.